The predicted octanol–water partition coefficient (Wildman–Crippen LogP) is 0.417. The molecule has 2 aromatic heterocycles. The minimum absolute atomic E-state index is 0.0988. The molecular weight excluding hydrogens is 368 g/mol. The molecule has 2 aliphatic rings. The van der Waals surface area contributed by atoms with Crippen LogP contribution in [0.3, 0.4) is 0 Å². The van der Waals surface area contributed by atoms with Crippen molar-refractivity contribution in [3.8, 4) is 0 Å². The summed E-state index contributed by atoms with van der Waals surface area (Å²) in [6.07, 6.45) is 4.77. The third-order valence-corrected chi connectivity index (χ3v) is 6.06. The van der Waals surface area contributed by atoms with Gasteiger partial charge in [-0.2, -0.15) is 0 Å². The van der Waals surface area contributed by atoms with E-state index in [9.17, 15) is 9.90 Å². The fraction of sp³-hybridized carbons (Fsp3) is 0.571. The van der Waals surface area contributed by atoms with Crippen molar-refractivity contribution < 1.29 is 5.11 Å². The summed E-state index contributed by atoms with van der Waals surface area (Å²) >= 11 is 0. The van der Waals surface area contributed by atoms with Gasteiger partial charge < -0.3 is 14.9 Å². The molecule has 0 aliphatic carbocycles. The molecule has 0 unspecified atom stereocenters. The van der Waals surface area contributed by atoms with E-state index in [0.717, 1.165) is 57.3 Å². The summed E-state index contributed by atoms with van der Waals surface area (Å²) in [6, 6.07) is 7.60. The third-order valence-electron chi connectivity index (χ3n) is 6.06. The number of anilines is 1. The van der Waals surface area contributed by atoms with Gasteiger partial charge in [0.2, 0.25) is 0 Å². The van der Waals surface area contributed by atoms with Crippen LogP contribution < -0.4 is 10.5 Å². The average Bonchev–Trinajstić information content (AvgIpc) is 2.73. The topological polar surface area (TPSA) is 77.7 Å². The first-order valence-electron chi connectivity index (χ1n) is 10.4. The zero-order valence-electron chi connectivity index (χ0n) is 17.1. The molecule has 0 radical (unpaired) electrons. The lowest BCUT2D eigenvalue weighted by atomic mass is 9.91. The van der Waals surface area contributed by atoms with Crippen LogP contribution >= 0.6 is 0 Å². The number of hydrogen-bond acceptors (Lipinski definition) is 7. The maximum atomic E-state index is 12.6. The first-order valence-corrected chi connectivity index (χ1v) is 10.4. The van der Waals surface area contributed by atoms with Crippen LogP contribution in [0.4, 0.5) is 5.82 Å². The van der Waals surface area contributed by atoms with Crippen LogP contribution in [0.5, 0.6) is 0 Å². The van der Waals surface area contributed by atoms with E-state index in [1.807, 2.05) is 24.4 Å². The van der Waals surface area contributed by atoms with Crippen molar-refractivity contribution in [1.29, 1.82) is 0 Å². The van der Waals surface area contributed by atoms with Crippen molar-refractivity contribution in [2.24, 2.45) is 0 Å². The molecule has 0 atom stereocenters. The molecule has 8 nitrogen and oxygen atoms in total. The minimum Gasteiger partial charge on any atom is -0.388 e. The summed E-state index contributed by atoms with van der Waals surface area (Å²) in [5, 5.41) is 10.8. The molecule has 2 saturated heterocycles. The van der Waals surface area contributed by atoms with Crippen molar-refractivity contribution in [1.82, 2.24) is 24.3 Å². The Kier molecular flexibility index (Phi) is 5.94. The second kappa shape index (κ2) is 8.61. The Labute approximate surface area is 171 Å². The fourth-order valence-corrected chi connectivity index (χ4v) is 4.07. The highest BCUT2D eigenvalue weighted by molar-refractivity contribution is 5.37. The molecule has 1 N–H and O–H groups in total. The Bertz CT molecular complexity index is 855. The van der Waals surface area contributed by atoms with Crippen LogP contribution in [0.15, 0.2) is 41.6 Å². The quantitative estimate of drug-likeness (QED) is 0.782. The maximum absolute atomic E-state index is 12.6. The van der Waals surface area contributed by atoms with Gasteiger partial charge in [0, 0.05) is 58.1 Å². The highest BCUT2D eigenvalue weighted by Gasteiger charge is 2.32. The van der Waals surface area contributed by atoms with Crippen molar-refractivity contribution in [3.05, 3.63) is 52.8 Å². The van der Waals surface area contributed by atoms with E-state index < -0.39 is 5.60 Å². The molecular formula is C21H30N6O2. The Hall–Kier alpha value is -2.29. The molecule has 0 saturated carbocycles. The number of likely N-dealkylation sites (tertiary alicyclic amines) is 1. The third kappa shape index (κ3) is 5.01. The second-order valence-electron chi connectivity index (χ2n) is 8.33. The van der Waals surface area contributed by atoms with Gasteiger partial charge in [-0.25, -0.2) is 4.98 Å². The molecule has 4 heterocycles. The maximum Gasteiger partial charge on any atom is 0.255 e. The molecule has 0 bridgehead atoms. The van der Waals surface area contributed by atoms with Crippen molar-refractivity contribution in [3.63, 3.8) is 0 Å². The number of piperidine rings is 1. The van der Waals surface area contributed by atoms with Gasteiger partial charge in [-0.15, -0.1) is 0 Å². The number of pyridine rings is 1. The normalized spacial score (nSPS) is 20.7. The summed E-state index contributed by atoms with van der Waals surface area (Å²) in [4.78, 5) is 28.3. The smallest absolute Gasteiger partial charge is 0.255 e. The Morgan fingerprint density at radius 3 is 2.48 bits per heavy atom. The van der Waals surface area contributed by atoms with Gasteiger partial charge in [0.05, 0.1) is 24.2 Å². The van der Waals surface area contributed by atoms with E-state index in [2.05, 4.69) is 31.7 Å². The van der Waals surface area contributed by atoms with Crippen molar-refractivity contribution in [2.45, 2.75) is 31.5 Å². The predicted molar refractivity (Wildman–Crippen MR) is 112 cm³/mol. The van der Waals surface area contributed by atoms with Crippen molar-refractivity contribution in [2.75, 3.05) is 51.2 Å². The molecule has 0 spiro atoms. The summed E-state index contributed by atoms with van der Waals surface area (Å²) in [7, 11) is 2.05. The van der Waals surface area contributed by atoms with Gasteiger partial charge in [0.15, 0.2) is 0 Å². The number of nitrogens with zero attached hydrogens (tertiary/aromatic N) is 6. The molecule has 8 heteroatoms. The van der Waals surface area contributed by atoms with E-state index in [-0.39, 0.29) is 5.56 Å². The van der Waals surface area contributed by atoms with Crippen LogP contribution in [0.2, 0.25) is 0 Å². The van der Waals surface area contributed by atoms with E-state index >= 15 is 0 Å². The highest BCUT2D eigenvalue weighted by Crippen LogP contribution is 2.23. The SMILES string of the molecule is CN1CCC(O)(Cn2cnc(N3CCN(Cc4ccccn4)CC3)cc2=O)CC1. The minimum atomic E-state index is -0.823. The molecule has 2 aromatic rings. The first kappa shape index (κ1) is 20.0. The van der Waals surface area contributed by atoms with Gasteiger partial charge in [-0.05, 0) is 32.0 Å². The molecule has 2 fully saturated rings. The average molecular weight is 399 g/mol. The van der Waals surface area contributed by atoms with Crippen LogP contribution in [-0.2, 0) is 13.1 Å². The number of aliphatic hydroxyl groups is 1. The van der Waals surface area contributed by atoms with Crippen molar-refractivity contribution >= 4 is 5.82 Å². The lowest BCUT2D eigenvalue weighted by Crippen LogP contribution is -2.48. The van der Waals surface area contributed by atoms with E-state index in [0.29, 0.717) is 19.4 Å². The second-order valence-corrected chi connectivity index (χ2v) is 8.33. The van der Waals surface area contributed by atoms with E-state index in [1.54, 1.807) is 17.0 Å². The Balaban J connectivity index is 1.34. The summed E-state index contributed by atoms with van der Waals surface area (Å²) in [5.41, 5.74) is 0.156. The van der Waals surface area contributed by atoms with E-state index in [1.165, 1.54) is 0 Å². The molecule has 0 amide bonds. The molecule has 29 heavy (non-hydrogen) atoms. The molecule has 2 aliphatic heterocycles. The monoisotopic (exact) mass is 398 g/mol. The molecule has 0 aromatic carbocycles. The summed E-state index contributed by atoms with van der Waals surface area (Å²) in [5.74, 6) is 0.721. The Morgan fingerprint density at radius 1 is 1.07 bits per heavy atom. The van der Waals surface area contributed by atoms with Crippen LogP contribution in [0, 0.1) is 0 Å². The van der Waals surface area contributed by atoms with E-state index in [4.69, 9.17) is 0 Å². The highest BCUT2D eigenvalue weighted by atomic mass is 16.3. The van der Waals surface area contributed by atoms with Crippen LogP contribution in [0.25, 0.3) is 0 Å². The number of aromatic nitrogens is 3. The zero-order chi connectivity index (χ0) is 20.3. The van der Waals surface area contributed by atoms with Gasteiger partial charge in [-0.1, -0.05) is 6.07 Å². The fourth-order valence-electron chi connectivity index (χ4n) is 4.07. The lowest BCUT2D eigenvalue weighted by molar-refractivity contribution is -0.0299. The van der Waals surface area contributed by atoms with Gasteiger partial charge >= 0.3 is 0 Å². The summed E-state index contributed by atoms with van der Waals surface area (Å²) in [6.45, 7) is 6.34. The van der Waals surface area contributed by atoms with Gasteiger partial charge in [0.25, 0.3) is 5.56 Å². The molecule has 156 valence electrons. The van der Waals surface area contributed by atoms with Gasteiger partial charge in [0.1, 0.15) is 5.82 Å². The Morgan fingerprint density at radius 2 is 1.83 bits per heavy atom. The number of piperazine rings is 1. The largest absolute Gasteiger partial charge is 0.388 e. The van der Waals surface area contributed by atoms with Crippen LogP contribution in [0.1, 0.15) is 18.5 Å². The van der Waals surface area contributed by atoms with Crippen LogP contribution in [-0.4, -0.2) is 81.4 Å². The lowest BCUT2D eigenvalue weighted by Gasteiger charge is -2.37. The summed E-state index contributed by atoms with van der Waals surface area (Å²) < 4.78 is 1.55. The van der Waals surface area contributed by atoms with Gasteiger partial charge in [-0.3, -0.25) is 19.2 Å². The first-order chi connectivity index (χ1) is 14.0. The zero-order valence-corrected chi connectivity index (χ0v) is 17.1. The standard InChI is InChI=1S/C21H30N6O2/c1-24-8-5-21(29,6-9-24)16-27-17-23-19(14-20(27)28)26-12-10-25(11-13-26)15-18-4-2-3-7-22-18/h2-4,7,14,17,29H,5-6,8-13,15-16H2,1H3. The molecule has 4 rings (SSSR count). The number of hydrogen-bond donors (Lipinski definition) is 1. The number of rotatable bonds is 5.